The van der Waals surface area contributed by atoms with Crippen LogP contribution in [0, 0.1) is 24.7 Å². The highest BCUT2D eigenvalue weighted by atomic mass is 15.0. The molecule has 1 aliphatic rings. The van der Waals surface area contributed by atoms with Crippen LogP contribution >= 0.6 is 0 Å². The first-order chi connectivity index (χ1) is 32.7. The smallest absolute Gasteiger partial charge is 0.0838 e. The summed E-state index contributed by atoms with van der Waals surface area (Å²) in [4.78, 5) is 0. The van der Waals surface area contributed by atoms with E-state index in [9.17, 15) is 0 Å². The van der Waals surface area contributed by atoms with Crippen molar-refractivity contribution in [2.45, 2.75) is 38.0 Å². The average molecular weight is 845 g/mol. The van der Waals surface area contributed by atoms with E-state index in [2.05, 4.69) is 224 Å². The molecular weight excluding hydrogens is 801 g/mol. The zero-order valence-electron chi connectivity index (χ0n) is 36.4. The van der Waals surface area contributed by atoms with Crippen LogP contribution in [0.3, 0.4) is 0 Å². The zero-order chi connectivity index (χ0) is 43.9. The summed E-state index contributed by atoms with van der Waals surface area (Å²) in [6.45, 7) is 2.47. The fourth-order valence-corrected chi connectivity index (χ4v) is 11.7. The van der Waals surface area contributed by atoms with Crippen molar-refractivity contribution in [3.63, 3.8) is 0 Å². The minimum Gasteiger partial charge on any atom is -0.336 e. The first-order valence-electron chi connectivity index (χ1n) is 22.9. The number of hydrogen-bond donors (Lipinski definition) is 0. The van der Waals surface area contributed by atoms with Crippen molar-refractivity contribution in [3.05, 3.63) is 239 Å². The Bertz CT molecular complexity index is 3710. The van der Waals surface area contributed by atoms with Gasteiger partial charge in [-0.15, -0.1) is 12.8 Å². The van der Waals surface area contributed by atoms with Gasteiger partial charge in [-0.25, -0.2) is 0 Å². The Balaban J connectivity index is 1.11. The third-order valence-electron chi connectivity index (χ3n) is 14.4. The fraction of sp³-hybridized carbons (Fsp3) is 0.0968. The standard InChI is InChI=1S/C62H44N4/c1-3-35-63-53-29-17-13-25-47(53)59-58(44-32-34-56-50(38-44)46-24-12-16-28-52(46)66(56)40-42-21-9-6-10-22-42)62-60(48-26-14-18-30-54(48)64(62)36-4-2)57(61(59)63)43-31-33-55-49(37-43)45-23-11-15-27-51(45)65(55)39-41-19-7-5-8-20-41/h1-2,5-34,37-38,57-58H,35-36,39-40H2. The van der Waals surface area contributed by atoms with Gasteiger partial charge in [0.25, 0.3) is 0 Å². The molecule has 2 atom stereocenters. The molecule has 0 saturated carbocycles. The van der Waals surface area contributed by atoms with Gasteiger partial charge in [-0.3, -0.25) is 0 Å². The quantitative estimate of drug-likeness (QED) is 0.136. The van der Waals surface area contributed by atoms with Crippen molar-refractivity contribution in [1.82, 2.24) is 18.3 Å². The van der Waals surface area contributed by atoms with Crippen LogP contribution in [0.1, 0.15) is 56.6 Å². The fourth-order valence-electron chi connectivity index (χ4n) is 11.7. The van der Waals surface area contributed by atoms with Gasteiger partial charge in [-0.1, -0.05) is 157 Å². The van der Waals surface area contributed by atoms with Crippen LogP contribution in [0.25, 0.3) is 65.4 Å². The molecule has 0 amide bonds. The van der Waals surface area contributed by atoms with E-state index in [-0.39, 0.29) is 11.8 Å². The predicted molar refractivity (Wildman–Crippen MR) is 273 cm³/mol. The molecule has 12 aromatic rings. The van der Waals surface area contributed by atoms with Crippen LogP contribution in [0.2, 0.25) is 0 Å². The second kappa shape index (κ2) is 15.1. The minimum absolute atomic E-state index is 0.145. The van der Waals surface area contributed by atoms with Crippen LogP contribution in [0.5, 0.6) is 0 Å². The maximum absolute atomic E-state index is 6.38. The topological polar surface area (TPSA) is 19.7 Å². The Labute approximate surface area is 383 Å². The molecule has 0 saturated heterocycles. The Morgan fingerprint density at radius 3 is 1.06 bits per heavy atom. The third kappa shape index (κ3) is 5.62. The van der Waals surface area contributed by atoms with Gasteiger partial charge < -0.3 is 18.3 Å². The summed E-state index contributed by atoms with van der Waals surface area (Å²) in [6.07, 6.45) is 12.8. The summed E-state index contributed by atoms with van der Waals surface area (Å²) in [5.74, 6) is 5.91. The molecule has 1 aliphatic carbocycles. The maximum atomic E-state index is 6.38. The number of rotatable bonds is 8. The molecule has 312 valence electrons. The second-order valence-electron chi connectivity index (χ2n) is 17.8. The Morgan fingerprint density at radius 1 is 0.333 bits per heavy atom. The number of nitrogens with zero attached hydrogens (tertiary/aromatic N) is 4. The monoisotopic (exact) mass is 844 g/mol. The average Bonchev–Trinajstić information content (AvgIpc) is 4.07. The summed E-state index contributed by atoms with van der Waals surface area (Å²) >= 11 is 0. The number of para-hydroxylation sites is 4. The van der Waals surface area contributed by atoms with E-state index >= 15 is 0 Å². The summed E-state index contributed by atoms with van der Waals surface area (Å²) in [5.41, 5.74) is 17.3. The van der Waals surface area contributed by atoms with Gasteiger partial charge in [0.1, 0.15) is 0 Å². The first kappa shape index (κ1) is 38.1. The van der Waals surface area contributed by atoms with Crippen LogP contribution < -0.4 is 0 Å². The molecule has 13 rings (SSSR count). The summed E-state index contributed by atoms with van der Waals surface area (Å²) in [5, 5.41) is 7.42. The summed E-state index contributed by atoms with van der Waals surface area (Å²) in [7, 11) is 0. The Hall–Kier alpha value is -8.44. The molecule has 66 heavy (non-hydrogen) atoms. The second-order valence-corrected chi connectivity index (χ2v) is 17.8. The number of terminal acetylenes is 2. The molecule has 0 N–H and O–H groups in total. The molecule has 0 spiro atoms. The number of benzene rings is 8. The molecule has 0 fully saturated rings. The van der Waals surface area contributed by atoms with Gasteiger partial charge in [0.2, 0.25) is 0 Å². The molecule has 4 heterocycles. The van der Waals surface area contributed by atoms with E-state index < -0.39 is 0 Å². The first-order valence-corrected chi connectivity index (χ1v) is 22.9. The van der Waals surface area contributed by atoms with E-state index in [0.29, 0.717) is 13.1 Å². The van der Waals surface area contributed by atoms with E-state index in [0.717, 1.165) is 24.1 Å². The lowest BCUT2D eigenvalue weighted by molar-refractivity contribution is 0.688. The normalized spacial score (nSPS) is 14.6. The molecule has 0 aliphatic heterocycles. The van der Waals surface area contributed by atoms with Gasteiger partial charge in [-0.2, -0.15) is 0 Å². The van der Waals surface area contributed by atoms with E-state index in [1.807, 2.05) is 0 Å². The van der Waals surface area contributed by atoms with Crippen molar-refractivity contribution in [1.29, 1.82) is 0 Å². The lowest BCUT2D eigenvalue weighted by Crippen LogP contribution is -2.24. The largest absolute Gasteiger partial charge is 0.336 e. The highest BCUT2D eigenvalue weighted by molar-refractivity contribution is 6.10. The molecule has 0 radical (unpaired) electrons. The van der Waals surface area contributed by atoms with Crippen molar-refractivity contribution < 1.29 is 0 Å². The van der Waals surface area contributed by atoms with Crippen molar-refractivity contribution in [2.24, 2.45) is 0 Å². The lowest BCUT2D eigenvalue weighted by atomic mass is 9.72. The van der Waals surface area contributed by atoms with E-state index in [1.165, 1.54) is 99.2 Å². The highest BCUT2D eigenvalue weighted by Gasteiger charge is 2.43. The van der Waals surface area contributed by atoms with Gasteiger partial charge in [0.05, 0.1) is 24.9 Å². The molecule has 0 bridgehead atoms. The van der Waals surface area contributed by atoms with Gasteiger partial charge in [0, 0.05) is 89.9 Å². The van der Waals surface area contributed by atoms with Crippen LogP contribution in [0.15, 0.2) is 194 Å². The zero-order valence-corrected chi connectivity index (χ0v) is 36.4. The van der Waals surface area contributed by atoms with Crippen LogP contribution in [0.4, 0.5) is 0 Å². The summed E-state index contributed by atoms with van der Waals surface area (Å²) in [6, 6.07) is 71.4. The van der Waals surface area contributed by atoms with Crippen LogP contribution in [-0.2, 0) is 26.2 Å². The van der Waals surface area contributed by atoms with Crippen molar-refractivity contribution in [3.8, 4) is 24.7 Å². The van der Waals surface area contributed by atoms with Gasteiger partial charge in [-0.05, 0) is 81.9 Å². The molecule has 2 unspecified atom stereocenters. The molecule has 4 heteroatoms. The maximum Gasteiger partial charge on any atom is 0.0838 e. The summed E-state index contributed by atoms with van der Waals surface area (Å²) < 4.78 is 9.81. The van der Waals surface area contributed by atoms with Crippen LogP contribution in [-0.4, -0.2) is 18.3 Å². The number of aromatic nitrogens is 4. The Morgan fingerprint density at radius 2 is 0.667 bits per heavy atom. The van der Waals surface area contributed by atoms with Crippen molar-refractivity contribution >= 4 is 65.4 Å². The molecule has 4 aromatic heterocycles. The predicted octanol–water partition coefficient (Wildman–Crippen LogP) is 13.8. The number of hydrogen-bond acceptors (Lipinski definition) is 0. The molecule has 8 aromatic carbocycles. The SMILES string of the molecule is C#CCn1c2c(c3ccccc31)C(c1ccc3c(c1)c1ccccc1n3Cc1ccccc1)c1c(c3ccccc3n1CC#C)C2c1ccc2c(c1)c1ccccc1n2Cc1ccccc1. The number of fused-ring (bicyclic) bond motifs is 12. The van der Waals surface area contributed by atoms with Gasteiger partial charge in [0.15, 0.2) is 0 Å². The van der Waals surface area contributed by atoms with Gasteiger partial charge >= 0.3 is 0 Å². The third-order valence-corrected chi connectivity index (χ3v) is 14.4. The lowest BCUT2D eigenvalue weighted by Gasteiger charge is -2.34. The molecular formula is C62H44N4. The Kier molecular flexibility index (Phi) is 8.70. The minimum atomic E-state index is -0.145. The molecule has 4 nitrogen and oxygen atoms in total. The van der Waals surface area contributed by atoms with E-state index in [1.54, 1.807) is 0 Å². The van der Waals surface area contributed by atoms with E-state index in [4.69, 9.17) is 12.8 Å². The van der Waals surface area contributed by atoms with Crippen molar-refractivity contribution in [2.75, 3.05) is 0 Å². The highest BCUT2D eigenvalue weighted by Crippen LogP contribution is 2.56.